The zero-order valence-electron chi connectivity index (χ0n) is 11.2. The summed E-state index contributed by atoms with van der Waals surface area (Å²) in [6.07, 6.45) is 2.49. The maximum atomic E-state index is 12.0. The quantitative estimate of drug-likeness (QED) is 0.802. The van der Waals surface area contributed by atoms with Crippen LogP contribution in [-0.2, 0) is 11.2 Å². The molecule has 1 amide bonds. The largest absolute Gasteiger partial charge is 0.326 e. The topological polar surface area (TPSA) is 72.2 Å². The molecule has 0 aliphatic carbocycles. The second-order valence-electron chi connectivity index (χ2n) is 4.56. The highest BCUT2D eigenvalue weighted by Crippen LogP contribution is 2.20. The van der Waals surface area contributed by atoms with Gasteiger partial charge in [0.05, 0.1) is 0 Å². The molecule has 108 valence electrons. The average molecular weight is 322 g/mol. The van der Waals surface area contributed by atoms with Gasteiger partial charge in [-0.1, -0.05) is 22.9 Å². The third-order valence-corrected chi connectivity index (χ3v) is 4.16. The number of aromatic nitrogens is 4. The maximum absolute atomic E-state index is 12.0. The highest BCUT2D eigenvalue weighted by Gasteiger charge is 2.09. The summed E-state index contributed by atoms with van der Waals surface area (Å²) < 4.78 is 1.61. The van der Waals surface area contributed by atoms with Crippen LogP contribution in [0.4, 0.5) is 5.69 Å². The van der Waals surface area contributed by atoms with Crippen LogP contribution in [0.3, 0.4) is 0 Å². The number of hydrogen-bond donors (Lipinski definition) is 1. The van der Waals surface area contributed by atoms with Crippen molar-refractivity contribution in [1.82, 2.24) is 19.8 Å². The molecule has 0 bridgehead atoms. The molecule has 1 N–H and O–H groups in total. The highest BCUT2D eigenvalue weighted by atomic mass is 35.5. The molecule has 2 aromatic heterocycles. The van der Waals surface area contributed by atoms with Crippen LogP contribution in [-0.4, -0.2) is 25.7 Å². The zero-order valence-corrected chi connectivity index (χ0v) is 12.8. The number of halogens is 1. The number of nitrogens with one attached hydrogen (secondary N) is 1. The van der Waals surface area contributed by atoms with E-state index >= 15 is 0 Å². The third kappa shape index (κ3) is 3.20. The molecular weight excluding hydrogens is 310 g/mol. The number of benzene rings is 1. The fraction of sp³-hybridized carbons (Fsp3) is 0.231. The van der Waals surface area contributed by atoms with Gasteiger partial charge in [-0.2, -0.15) is 9.61 Å². The van der Waals surface area contributed by atoms with E-state index in [1.165, 1.54) is 11.3 Å². The van der Waals surface area contributed by atoms with Crippen molar-refractivity contribution in [2.24, 2.45) is 0 Å². The van der Waals surface area contributed by atoms with Crippen molar-refractivity contribution in [2.45, 2.75) is 19.8 Å². The lowest BCUT2D eigenvalue weighted by atomic mass is 10.2. The Hall–Kier alpha value is -1.99. The number of aryl methyl sites for hydroxylation is 2. The predicted octanol–water partition coefficient (Wildman–Crippen LogP) is 2.72. The Bertz CT molecular complexity index is 768. The molecule has 3 aromatic rings. The molecule has 6 nitrogen and oxygen atoms in total. The average Bonchev–Trinajstić information content (AvgIpc) is 3.00. The molecule has 0 fully saturated rings. The van der Waals surface area contributed by atoms with Crippen molar-refractivity contribution in [3.8, 4) is 0 Å². The molecule has 2 heterocycles. The Balaban J connectivity index is 1.60. The van der Waals surface area contributed by atoms with Gasteiger partial charge in [-0.3, -0.25) is 4.79 Å². The zero-order chi connectivity index (χ0) is 14.8. The van der Waals surface area contributed by atoms with Crippen molar-refractivity contribution in [3.05, 3.63) is 40.1 Å². The summed E-state index contributed by atoms with van der Waals surface area (Å²) >= 11 is 7.33. The Morgan fingerprint density at radius 3 is 3.10 bits per heavy atom. The van der Waals surface area contributed by atoms with Crippen LogP contribution in [0.15, 0.2) is 24.5 Å². The van der Waals surface area contributed by atoms with Gasteiger partial charge >= 0.3 is 0 Å². The molecule has 1 aromatic carbocycles. The van der Waals surface area contributed by atoms with Gasteiger partial charge in [-0.15, -0.1) is 10.2 Å². The van der Waals surface area contributed by atoms with E-state index in [0.717, 1.165) is 21.2 Å². The van der Waals surface area contributed by atoms with Crippen LogP contribution < -0.4 is 5.32 Å². The Morgan fingerprint density at radius 1 is 1.48 bits per heavy atom. The number of nitrogens with zero attached hydrogens (tertiary/aromatic N) is 4. The second-order valence-corrected chi connectivity index (χ2v) is 6.04. The van der Waals surface area contributed by atoms with Crippen LogP contribution >= 0.6 is 22.9 Å². The van der Waals surface area contributed by atoms with Gasteiger partial charge in [0, 0.05) is 23.6 Å². The molecule has 0 aliphatic rings. The molecule has 0 saturated carbocycles. The van der Waals surface area contributed by atoms with Crippen molar-refractivity contribution in [2.75, 3.05) is 5.32 Å². The van der Waals surface area contributed by atoms with Crippen LogP contribution in [0.5, 0.6) is 0 Å². The molecule has 3 rings (SSSR count). The molecule has 0 unspecified atom stereocenters. The monoisotopic (exact) mass is 321 g/mol. The van der Waals surface area contributed by atoms with Crippen molar-refractivity contribution >= 4 is 39.5 Å². The molecule has 0 radical (unpaired) electrons. The van der Waals surface area contributed by atoms with E-state index in [9.17, 15) is 4.79 Å². The molecule has 0 aliphatic heterocycles. The molecule has 0 saturated heterocycles. The van der Waals surface area contributed by atoms with Gasteiger partial charge in [0.15, 0.2) is 0 Å². The summed E-state index contributed by atoms with van der Waals surface area (Å²) in [4.78, 5) is 12.7. The standard InChI is InChI=1S/C13H12ClN5OS/c1-8-6-9(14)2-3-10(8)16-11(20)4-5-12-18-19-7-15-17-13(19)21-12/h2-3,6-7H,4-5H2,1H3,(H,16,20). The lowest BCUT2D eigenvalue weighted by molar-refractivity contribution is -0.116. The van der Waals surface area contributed by atoms with Gasteiger partial charge in [-0.25, -0.2) is 0 Å². The fourth-order valence-electron chi connectivity index (χ4n) is 1.90. The first-order valence-electron chi connectivity index (χ1n) is 6.33. The van der Waals surface area contributed by atoms with Crippen molar-refractivity contribution < 1.29 is 4.79 Å². The third-order valence-electron chi connectivity index (χ3n) is 2.96. The van der Waals surface area contributed by atoms with Crippen molar-refractivity contribution in [1.29, 1.82) is 0 Å². The first-order valence-corrected chi connectivity index (χ1v) is 7.53. The summed E-state index contributed by atoms with van der Waals surface area (Å²) in [5.41, 5.74) is 1.72. The molecule has 0 atom stereocenters. The van der Waals surface area contributed by atoms with Gasteiger partial charge in [0.25, 0.3) is 0 Å². The second kappa shape index (κ2) is 5.79. The summed E-state index contributed by atoms with van der Waals surface area (Å²) in [6, 6.07) is 5.38. The van der Waals surface area contributed by atoms with Crippen molar-refractivity contribution in [3.63, 3.8) is 0 Å². The van der Waals surface area contributed by atoms with E-state index < -0.39 is 0 Å². The Kier molecular flexibility index (Phi) is 3.85. The van der Waals surface area contributed by atoms with Crippen LogP contribution in [0.25, 0.3) is 4.96 Å². The molecular formula is C13H12ClN5OS. The van der Waals surface area contributed by atoms with E-state index in [0.29, 0.717) is 17.9 Å². The summed E-state index contributed by atoms with van der Waals surface area (Å²) in [6.45, 7) is 1.91. The number of carbonyl (C=O) groups excluding carboxylic acids is 1. The minimum atomic E-state index is -0.0496. The van der Waals surface area contributed by atoms with E-state index in [1.54, 1.807) is 23.0 Å². The van der Waals surface area contributed by atoms with E-state index in [4.69, 9.17) is 11.6 Å². The van der Waals surface area contributed by atoms with Crippen LogP contribution in [0, 0.1) is 6.92 Å². The van der Waals surface area contributed by atoms with Crippen LogP contribution in [0.2, 0.25) is 5.02 Å². The number of fused-ring (bicyclic) bond motifs is 1. The highest BCUT2D eigenvalue weighted by molar-refractivity contribution is 7.16. The Labute approximate surface area is 129 Å². The first-order chi connectivity index (χ1) is 10.1. The van der Waals surface area contributed by atoms with E-state index in [-0.39, 0.29) is 5.91 Å². The number of amides is 1. The first kappa shape index (κ1) is 14.0. The Morgan fingerprint density at radius 2 is 2.33 bits per heavy atom. The summed E-state index contributed by atoms with van der Waals surface area (Å²) in [7, 11) is 0. The van der Waals surface area contributed by atoms with E-state index in [2.05, 4.69) is 20.6 Å². The maximum Gasteiger partial charge on any atom is 0.234 e. The van der Waals surface area contributed by atoms with Gasteiger partial charge in [0.2, 0.25) is 10.9 Å². The lowest BCUT2D eigenvalue weighted by Crippen LogP contribution is -2.13. The predicted molar refractivity (Wildman–Crippen MR) is 81.8 cm³/mol. The van der Waals surface area contributed by atoms with E-state index in [1.807, 2.05) is 13.0 Å². The normalized spacial score (nSPS) is 11.0. The molecule has 0 spiro atoms. The van der Waals surface area contributed by atoms with Crippen LogP contribution in [0.1, 0.15) is 17.0 Å². The SMILES string of the molecule is Cc1cc(Cl)ccc1NC(=O)CCc1nn2cnnc2s1. The smallest absolute Gasteiger partial charge is 0.234 e. The van der Waals surface area contributed by atoms with Gasteiger partial charge in [-0.05, 0) is 30.7 Å². The number of rotatable bonds is 4. The summed E-state index contributed by atoms with van der Waals surface area (Å²) in [5, 5.41) is 16.3. The van der Waals surface area contributed by atoms with Gasteiger partial charge in [0.1, 0.15) is 11.3 Å². The number of anilines is 1. The number of carbonyl (C=O) groups is 1. The lowest BCUT2D eigenvalue weighted by Gasteiger charge is -2.08. The minimum absolute atomic E-state index is 0.0496. The summed E-state index contributed by atoms with van der Waals surface area (Å²) in [5.74, 6) is -0.0496. The molecule has 8 heteroatoms. The van der Waals surface area contributed by atoms with Gasteiger partial charge < -0.3 is 5.32 Å². The fourth-order valence-corrected chi connectivity index (χ4v) is 2.94. The minimum Gasteiger partial charge on any atom is -0.326 e. The number of hydrogen-bond acceptors (Lipinski definition) is 5. The molecule has 21 heavy (non-hydrogen) atoms.